The van der Waals surface area contributed by atoms with Crippen LogP contribution in [0.3, 0.4) is 0 Å². The van der Waals surface area contributed by atoms with Gasteiger partial charge >= 0.3 is 11.9 Å². The lowest BCUT2D eigenvalue weighted by atomic mass is 9.80. The summed E-state index contributed by atoms with van der Waals surface area (Å²) in [6.07, 6.45) is 2.26. The Morgan fingerprint density at radius 3 is 2.08 bits per heavy atom. The van der Waals surface area contributed by atoms with Gasteiger partial charge in [-0.2, -0.15) is 0 Å². The highest BCUT2D eigenvalue weighted by Gasteiger charge is 2.48. The van der Waals surface area contributed by atoms with Crippen LogP contribution < -0.4 is 4.74 Å². The summed E-state index contributed by atoms with van der Waals surface area (Å²) in [7, 11) is 0. The number of rotatable bonds is 7. The minimum absolute atomic E-state index is 0.0784. The summed E-state index contributed by atoms with van der Waals surface area (Å²) in [5, 5.41) is 9.31. The minimum Gasteiger partial charge on any atom is -0.508 e. The number of ether oxygens (including phenoxy) is 2. The van der Waals surface area contributed by atoms with E-state index in [0.717, 1.165) is 12.8 Å². The van der Waals surface area contributed by atoms with Crippen LogP contribution in [0.2, 0.25) is 0 Å². The zero-order valence-electron chi connectivity index (χ0n) is 15.2. The molecule has 5 heteroatoms. The Labute approximate surface area is 144 Å². The van der Waals surface area contributed by atoms with Gasteiger partial charge in [-0.3, -0.25) is 9.59 Å². The van der Waals surface area contributed by atoms with Crippen LogP contribution in [0.15, 0.2) is 24.3 Å². The third kappa shape index (κ3) is 5.25. The average molecular weight is 336 g/mol. The molecule has 0 aliphatic rings. The SMILES string of the molecule is CCCCC(CC)(C(=O)Oc1ccc(O)cc1)C(=O)OC(C)(C)C. The normalized spacial score (nSPS) is 13.9. The monoisotopic (exact) mass is 336 g/mol. The van der Waals surface area contributed by atoms with Crippen LogP contribution in [-0.4, -0.2) is 22.6 Å². The fraction of sp³-hybridized carbons (Fsp3) is 0.579. The molecule has 1 aromatic carbocycles. The molecule has 0 radical (unpaired) electrons. The number of aromatic hydroxyl groups is 1. The highest BCUT2D eigenvalue weighted by atomic mass is 16.6. The first-order valence-corrected chi connectivity index (χ1v) is 8.39. The van der Waals surface area contributed by atoms with Gasteiger partial charge in [0.2, 0.25) is 0 Å². The predicted octanol–water partition coefficient (Wildman–Crippen LogP) is 4.23. The van der Waals surface area contributed by atoms with Crippen molar-refractivity contribution in [2.45, 2.75) is 65.9 Å². The lowest BCUT2D eigenvalue weighted by Crippen LogP contribution is -2.45. The van der Waals surface area contributed by atoms with Crippen LogP contribution in [0.25, 0.3) is 0 Å². The van der Waals surface area contributed by atoms with Crippen LogP contribution in [0.1, 0.15) is 60.3 Å². The molecule has 1 N–H and O–H groups in total. The van der Waals surface area contributed by atoms with Gasteiger partial charge in [-0.1, -0.05) is 26.7 Å². The van der Waals surface area contributed by atoms with Crippen molar-refractivity contribution in [3.05, 3.63) is 24.3 Å². The van der Waals surface area contributed by atoms with Crippen molar-refractivity contribution >= 4 is 11.9 Å². The topological polar surface area (TPSA) is 72.8 Å². The molecule has 5 nitrogen and oxygen atoms in total. The molecular weight excluding hydrogens is 308 g/mol. The smallest absolute Gasteiger partial charge is 0.328 e. The van der Waals surface area contributed by atoms with Gasteiger partial charge in [0.1, 0.15) is 17.1 Å². The molecule has 1 unspecified atom stereocenters. The molecule has 0 fully saturated rings. The second-order valence-corrected chi connectivity index (χ2v) is 6.92. The van der Waals surface area contributed by atoms with Crippen molar-refractivity contribution < 1.29 is 24.2 Å². The van der Waals surface area contributed by atoms with Gasteiger partial charge in [0, 0.05) is 0 Å². The first kappa shape index (κ1) is 20.0. The second kappa shape index (κ2) is 8.18. The molecule has 24 heavy (non-hydrogen) atoms. The average Bonchev–Trinajstić information content (AvgIpc) is 2.49. The third-order valence-electron chi connectivity index (χ3n) is 3.79. The molecular formula is C19H28O5. The Kier molecular flexibility index (Phi) is 6.81. The zero-order valence-corrected chi connectivity index (χ0v) is 15.2. The maximum absolute atomic E-state index is 12.8. The molecule has 0 aliphatic carbocycles. The molecule has 0 heterocycles. The largest absolute Gasteiger partial charge is 0.508 e. The molecule has 0 spiro atoms. The Morgan fingerprint density at radius 1 is 1.04 bits per heavy atom. The van der Waals surface area contributed by atoms with Crippen LogP contribution in [0, 0.1) is 5.41 Å². The molecule has 1 atom stereocenters. The number of carbonyl (C=O) groups is 2. The Bertz CT molecular complexity index is 556. The van der Waals surface area contributed by atoms with Gasteiger partial charge in [-0.05, 0) is 57.9 Å². The van der Waals surface area contributed by atoms with E-state index in [1.165, 1.54) is 24.3 Å². The Balaban J connectivity index is 3.07. The second-order valence-electron chi connectivity index (χ2n) is 6.92. The predicted molar refractivity (Wildman–Crippen MR) is 91.8 cm³/mol. The number of hydrogen-bond acceptors (Lipinski definition) is 5. The van der Waals surface area contributed by atoms with Crippen molar-refractivity contribution in [1.82, 2.24) is 0 Å². The van der Waals surface area contributed by atoms with Crippen LogP contribution in [0.5, 0.6) is 11.5 Å². The first-order valence-electron chi connectivity index (χ1n) is 8.39. The quantitative estimate of drug-likeness (QED) is 0.458. The number of hydrogen-bond donors (Lipinski definition) is 1. The lowest BCUT2D eigenvalue weighted by Gasteiger charge is -2.31. The maximum atomic E-state index is 12.8. The van der Waals surface area contributed by atoms with E-state index in [2.05, 4.69) is 0 Å². The van der Waals surface area contributed by atoms with Gasteiger partial charge in [0.05, 0.1) is 0 Å². The van der Waals surface area contributed by atoms with Gasteiger partial charge in [-0.15, -0.1) is 0 Å². The van der Waals surface area contributed by atoms with Gasteiger partial charge in [0.25, 0.3) is 0 Å². The number of esters is 2. The van der Waals surface area contributed by atoms with Crippen LogP contribution in [0.4, 0.5) is 0 Å². The van der Waals surface area contributed by atoms with Crippen molar-refractivity contribution in [3.63, 3.8) is 0 Å². The fourth-order valence-corrected chi connectivity index (χ4v) is 2.33. The zero-order chi connectivity index (χ0) is 18.4. The fourth-order valence-electron chi connectivity index (χ4n) is 2.33. The van der Waals surface area contributed by atoms with Gasteiger partial charge in [-0.25, -0.2) is 0 Å². The summed E-state index contributed by atoms with van der Waals surface area (Å²) in [4.78, 5) is 25.5. The van der Waals surface area contributed by atoms with Crippen molar-refractivity contribution in [1.29, 1.82) is 0 Å². The molecule has 0 amide bonds. The molecule has 0 aromatic heterocycles. The van der Waals surface area contributed by atoms with Crippen LogP contribution in [-0.2, 0) is 14.3 Å². The summed E-state index contributed by atoms with van der Waals surface area (Å²) >= 11 is 0. The van der Waals surface area contributed by atoms with E-state index < -0.39 is 23.0 Å². The summed E-state index contributed by atoms with van der Waals surface area (Å²) in [5.41, 5.74) is -2.00. The molecule has 1 rings (SSSR count). The van der Waals surface area contributed by atoms with E-state index in [1.54, 1.807) is 27.7 Å². The highest BCUT2D eigenvalue weighted by Crippen LogP contribution is 2.34. The van der Waals surface area contributed by atoms with E-state index in [0.29, 0.717) is 12.8 Å². The first-order chi connectivity index (χ1) is 11.1. The summed E-state index contributed by atoms with van der Waals surface area (Å²) in [6.45, 7) is 9.11. The Hall–Kier alpha value is -2.04. The van der Waals surface area contributed by atoms with E-state index >= 15 is 0 Å². The van der Waals surface area contributed by atoms with Gasteiger partial charge < -0.3 is 14.6 Å². The lowest BCUT2D eigenvalue weighted by molar-refractivity contribution is -0.176. The summed E-state index contributed by atoms with van der Waals surface area (Å²) in [5.74, 6) is -0.793. The molecule has 0 aliphatic heterocycles. The Morgan fingerprint density at radius 2 is 1.62 bits per heavy atom. The minimum atomic E-state index is -1.32. The number of phenols is 1. The van der Waals surface area contributed by atoms with E-state index in [4.69, 9.17) is 9.47 Å². The van der Waals surface area contributed by atoms with Crippen molar-refractivity contribution in [2.75, 3.05) is 0 Å². The number of unbranched alkanes of at least 4 members (excludes halogenated alkanes) is 1. The maximum Gasteiger partial charge on any atom is 0.328 e. The highest BCUT2D eigenvalue weighted by molar-refractivity contribution is 6.01. The van der Waals surface area contributed by atoms with E-state index in [-0.39, 0.29) is 11.5 Å². The van der Waals surface area contributed by atoms with Crippen LogP contribution >= 0.6 is 0 Å². The molecule has 1 aromatic rings. The number of benzene rings is 1. The molecule has 134 valence electrons. The third-order valence-corrected chi connectivity index (χ3v) is 3.79. The van der Waals surface area contributed by atoms with Crippen molar-refractivity contribution in [3.8, 4) is 11.5 Å². The van der Waals surface area contributed by atoms with Crippen molar-refractivity contribution in [2.24, 2.45) is 5.41 Å². The number of phenolic OH excluding ortho intramolecular Hbond substituents is 1. The van der Waals surface area contributed by atoms with E-state index in [9.17, 15) is 14.7 Å². The standard InChI is InChI=1S/C19H28O5/c1-6-8-13-19(7-2,17(22)24-18(3,4)5)16(21)23-15-11-9-14(20)10-12-15/h9-12,20H,6-8,13H2,1-5H3. The molecule has 0 saturated heterocycles. The summed E-state index contributed by atoms with van der Waals surface area (Å²) < 4.78 is 10.9. The van der Waals surface area contributed by atoms with Gasteiger partial charge in [0.15, 0.2) is 5.41 Å². The van der Waals surface area contributed by atoms with E-state index in [1.807, 2.05) is 6.92 Å². The molecule has 0 saturated carbocycles. The summed E-state index contributed by atoms with van der Waals surface area (Å²) in [6, 6.07) is 5.83. The number of carbonyl (C=O) groups excluding carboxylic acids is 2. The molecule has 0 bridgehead atoms.